The van der Waals surface area contributed by atoms with Gasteiger partial charge in [-0.25, -0.2) is 0 Å². The van der Waals surface area contributed by atoms with Crippen LogP contribution in [0.3, 0.4) is 0 Å². The number of anilines is 1. The highest BCUT2D eigenvalue weighted by molar-refractivity contribution is 8.14. The van der Waals surface area contributed by atoms with E-state index >= 15 is 0 Å². The summed E-state index contributed by atoms with van der Waals surface area (Å²) >= 11 is 1.24. The number of amides is 2. The Bertz CT molecular complexity index is 777. The van der Waals surface area contributed by atoms with Crippen LogP contribution < -0.4 is 10.6 Å². The maximum absolute atomic E-state index is 12.3. The van der Waals surface area contributed by atoms with E-state index in [0.717, 1.165) is 5.75 Å². The van der Waals surface area contributed by atoms with Crippen LogP contribution in [0.25, 0.3) is 0 Å². The lowest BCUT2D eigenvalue weighted by Gasteiger charge is -2.11. The van der Waals surface area contributed by atoms with Crippen LogP contribution in [0.1, 0.15) is 27.1 Å². The minimum Gasteiger partial charge on any atom is -0.341 e. The topological polar surface area (TPSA) is 75.3 Å². The summed E-state index contributed by atoms with van der Waals surface area (Å²) in [6.45, 7) is 0. The van der Waals surface area contributed by atoms with E-state index in [4.69, 9.17) is 0 Å². The molecule has 1 unspecified atom stereocenters. The smallest absolute Gasteiger partial charge is 0.255 e. The Morgan fingerprint density at radius 2 is 1.71 bits per heavy atom. The van der Waals surface area contributed by atoms with E-state index in [1.165, 1.54) is 11.8 Å². The Balaban J connectivity index is 1.68. The average molecular weight is 340 g/mol. The van der Waals surface area contributed by atoms with Crippen LogP contribution in [0.5, 0.6) is 0 Å². The van der Waals surface area contributed by atoms with Crippen molar-refractivity contribution in [3.05, 3.63) is 65.7 Å². The minimum absolute atomic E-state index is 0.00288. The van der Waals surface area contributed by atoms with E-state index in [1.807, 2.05) is 6.07 Å². The van der Waals surface area contributed by atoms with Crippen molar-refractivity contribution in [1.82, 2.24) is 5.32 Å². The average Bonchev–Trinajstić information content (AvgIpc) is 3.00. The summed E-state index contributed by atoms with van der Waals surface area (Å²) in [7, 11) is 0. The number of thioether (sulfide) groups is 1. The third-order valence-electron chi connectivity index (χ3n) is 3.66. The summed E-state index contributed by atoms with van der Waals surface area (Å²) in [5.41, 5.74) is 1.48. The summed E-state index contributed by atoms with van der Waals surface area (Å²) < 4.78 is 0. The molecule has 0 aliphatic carbocycles. The van der Waals surface area contributed by atoms with Gasteiger partial charge in [0, 0.05) is 22.6 Å². The van der Waals surface area contributed by atoms with Crippen molar-refractivity contribution < 1.29 is 14.4 Å². The van der Waals surface area contributed by atoms with Gasteiger partial charge in [0.05, 0.1) is 6.04 Å². The van der Waals surface area contributed by atoms with Gasteiger partial charge in [0.2, 0.25) is 5.12 Å². The molecule has 0 bridgehead atoms. The lowest BCUT2D eigenvalue weighted by atomic mass is 10.1. The summed E-state index contributed by atoms with van der Waals surface area (Å²) in [4.78, 5) is 36.0. The van der Waals surface area contributed by atoms with Crippen molar-refractivity contribution >= 4 is 34.4 Å². The van der Waals surface area contributed by atoms with Gasteiger partial charge in [0.25, 0.3) is 11.8 Å². The predicted octanol–water partition coefficient (Wildman–Crippen LogP) is 2.70. The fourth-order valence-electron chi connectivity index (χ4n) is 2.40. The van der Waals surface area contributed by atoms with Gasteiger partial charge >= 0.3 is 0 Å². The molecule has 0 saturated carbocycles. The van der Waals surface area contributed by atoms with Crippen LogP contribution >= 0.6 is 11.8 Å². The Hall–Kier alpha value is -2.60. The molecule has 2 aromatic carbocycles. The Morgan fingerprint density at radius 1 is 0.958 bits per heavy atom. The zero-order valence-corrected chi connectivity index (χ0v) is 13.6. The van der Waals surface area contributed by atoms with Crippen molar-refractivity contribution in [2.45, 2.75) is 12.5 Å². The highest BCUT2D eigenvalue weighted by atomic mass is 32.2. The fourth-order valence-corrected chi connectivity index (χ4v) is 3.33. The van der Waals surface area contributed by atoms with Gasteiger partial charge in [-0.05, 0) is 36.8 Å². The molecule has 1 heterocycles. The fraction of sp³-hybridized carbons (Fsp3) is 0.167. The van der Waals surface area contributed by atoms with Crippen molar-refractivity contribution in [3.8, 4) is 0 Å². The van der Waals surface area contributed by atoms with Gasteiger partial charge in [-0.1, -0.05) is 36.0 Å². The standard InChI is InChI=1S/C18H16N2O3S/c21-16(12-5-2-1-3-6-12)19-14-8-4-7-13(11-14)17(22)20-15-9-10-24-18(15)23/h1-8,11,15H,9-10H2,(H,19,21)(H,20,22). The van der Waals surface area contributed by atoms with Crippen molar-refractivity contribution in [2.24, 2.45) is 0 Å². The monoisotopic (exact) mass is 340 g/mol. The van der Waals surface area contributed by atoms with E-state index in [1.54, 1.807) is 48.5 Å². The van der Waals surface area contributed by atoms with E-state index in [9.17, 15) is 14.4 Å². The largest absolute Gasteiger partial charge is 0.341 e. The first-order valence-electron chi connectivity index (χ1n) is 7.57. The third kappa shape index (κ3) is 3.83. The van der Waals surface area contributed by atoms with E-state index in [-0.39, 0.29) is 16.9 Å². The number of hydrogen-bond acceptors (Lipinski definition) is 4. The molecule has 0 radical (unpaired) electrons. The van der Waals surface area contributed by atoms with Crippen molar-refractivity contribution in [2.75, 3.05) is 11.1 Å². The maximum atomic E-state index is 12.3. The second-order valence-corrected chi connectivity index (χ2v) is 6.48. The second kappa shape index (κ2) is 7.31. The second-order valence-electron chi connectivity index (χ2n) is 5.38. The van der Waals surface area contributed by atoms with Crippen LogP contribution in [-0.2, 0) is 4.79 Å². The molecule has 5 nitrogen and oxygen atoms in total. The molecule has 1 saturated heterocycles. The number of carbonyl (C=O) groups is 3. The zero-order chi connectivity index (χ0) is 16.9. The van der Waals surface area contributed by atoms with Crippen LogP contribution in [0.15, 0.2) is 54.6 Å². The third-order valence-corrected chi connectivity index (χ3v) is 4.67. The SMILES string of the molecule is O=C(Nc1cccc(C(=O)NC2CCSC2=O)c1)c1ccccc1. The molecule has 0 aromatic heterocycles. The molecule has 1 aliphatic rings. The molecule has 2 aromatic rings. The van der Waals surface area contributed by atoms with Crippen LogP contribution in [-0.4, -0.2) is 28.7 Å². The normalized spacial score (nSPS) is 16.7. The lowest BCUT2D eigenvalue weighted by Crippen LogP contribution is -2.37. The lowest BCUT2D eigenvalue weighted by molar-refractivity contribution is -0.112. The van der Waals surface area contributed by atoms with Gasteiger partial charge in [-0.15, -0.1) is 0 Å². The molecule has 0 spiro atoms. The highest BCUT2D eigenvalue weighted by Gasteiger charge is 2.27. The first-order valence-corrected chi connectivity index (χ1v) is 8.56. The van der Waals surface area contributed by atoms with Gasteiger partial charge in [-0.2, -0.15) is 0 Å². The molecule has 6 heteroatoms. The molecule has 122 valence electrons. The first kappa shape index (κ1) is 16.3. The molecule has 24 heavy (non-hydrogen) atoms. The molecular weight excluding hydrogens is 324 g/mol. The van der Waals surface area contributed by atoms with Crippen LogP contribution in [0, 0.1) is 0 Å². The van der Waals surface area contributed by atoms with Crippen LogP contribution in [0.2, 0.25) is 0 Å². The summed E-state index contributed by atoms with van der Waals surface area (Å²) in [5, 5.41) is 5.50. The Labute approximate surface area is 143 Å². The summed E-state index contributed by atoms with van der Waals surface area (Å²) in [6, 6.07) is 15.1. The number of hydrogen-bond donors (Lipinski definition) is 2. The van der Waals surface area contributed by atoms with Crippen LogP contribution in [0.4, 0.5) is 5.69 Å². The van der Waals surface area contributed by atoms with E-state index in [2.05, 4.69) is 10.6 Å². The summed E-state index contributed by atoms with van der Waals surface area (Å²) in [5.74, 6) is 0.180. The van der Waals surface area contributed by atoms with Gasteiger partial charge in [0.15, 0.2) is 0 Å². The number of benzene rings is 2. The number of nitrogens with one attached hydrogen (secondary N) is 2. The predicted molar refractivity (Wildman–Crippen MR) is 94.2 cm³/mol. The number of carbonyl (C=O) groups excluding carboxylic acids is 3. The summed E-state index contributed by atoms with van der Waals surface area (Å²) in [6.07, 6.45) is 0.652. The molecule has 3 rings (SSSR count). The molecule has 1 aliphatic heterocycles. The van der Waals surface area contributed by atoms with Crippen molar-refractivity contribution in [1.29, 1.82) is 0 Å². The highest BCUT2D eigenvalue weighted by Crippen LogP contribution is 2.20. The Morgan fingerprint density at radius 3 is 2.42 bits per heavy atom. The minimum atomic E-state index is -0.426. The quantitative estimate of drug-likeness (QED) is 0.897. The van der Waals surface area contributed by atoms with Crippen molar-refractivity contribution in [3.63, 3.8) is 0 Å². The first-order chi connectivity index (χ1) is 11.6. The Kier molecular flexibility index (Phi) is 4.96. The van der Waals surface area contributed by atoms with Gasteiger partial charge in [0.1, 0.15) is 0 Å². The molecule has 2 N–H and O–H groups in total. The number of rotatable bonds is 4. The van der Waals surface area contributed by atoms with E-state index in [0.29, 0.717) is 23.2 Å². The molecule has 2 amide bonds. The van der Waals surface area contributed by atoms with Gasteiger partial charge < -0.3 is 10.6 Å². The van der Waals surface area contributed by atoms with Gasteiger partial charge in [-0.3, -0.25) is 14.4 Å². The molecule has 1 fully saturated rings. The zero-order valence-electron chi connectivity index (χ0n) is 12.8. The van der Waals surface area contributed by atoms with E-state index < -0.39 is 6.04 Å². The molecular formula is C18H16N2O3S. The maximum Gasteiger partial charge on any atom is 0.255 e. The molecule has 1 atom stereocenters.